The van der Waals surface area contributed by atoms with Crippen molar-refractivity contribution in [1.29, 1.82) is 0 Å². The number of Topliss-reactive ketones (excluding diaryl/α,β-unsaturated/α-hetero) is 1. The first-order valence-corrected chi connectivity index (χ1v) is 6.98. The van der Waals surface area contributed by atoms with Crippen LogP contribution < -0.4 is 4.74 Å². The van der Waals surface area contributed by atoms with Crippen molar-refractivity contribution in [3.8, 4) is 5.75 Å². The lowest BCUT2D eigenvalue weighted by Gasteiger charge is -2.24. The fourth-order valence-electron chi connectivity index (χ4n) is 2.17. The second kappa shape index (κ2) is 6.07. The van der Waals surface area contributed by atoms with Crippen molar-refractivity contribution in [3.05, 3.63) is 29.8 Å². The van der Waals surface area contributed by atoms with Crippen LogP contribution in [-0.4, -0.2) is 36.3 Å². The van der Waals surface area contributed by atoms with E-state index in [1.54, 1.807) is 29.2 Å². The predicted molar refractivity (Wildman–Crippen MR) is 76.9 cm³/mol. The van der Waals surface area contributed by atoms with E-state index in [0.717, 1.165) is 0 Å². The van der Waals surface area contributed by atoms with Crippen LogP contribution in [0.3, 0.4) is 0 Å². The smallest absolute Gasteiger partial charge is 0.260 e. The molecule has 1 unspecified atom stereocenters. The summed E-state index contributed by atoms with van der Waals surface area (Å²) in [5.74, 6) is 1.15. The van der Waals surface area contributed by atoms with E-state index in [-0.39, 0.29) is 24.3 Å². The largest absolute Gasteiger partial charge is 0.484 e. The molecule has 4 heteroatoms. The third kappa shape index (κ3) is 3.59. The monoisotopic (exact) mass is 275 g/mol. The van der Waals surface area contributed by atoms with E-state index in [1.165, 1.54) is 19.8 Å². The topological polar surface area (TPSA) is 46.6 Å². The third-order valence-corrected chi connectivity index (χ3v) is 3.91. The summed E-state index contributed by atoms with van der Waals surface area (Å²) in [4.78, 5) is 25.1. The highest BCUT2D eigenvalue weighted by molar-refractivity contribution is 5.94. The molecular formula is C16H21NO3. The van der Waals surface area contributed by atoms with Gasteiger partial charge in [0.05, 0.1) is 0 Å². The molecule has 1 aliphatic rings. The van der Waals surface area contributed by atoms with E-state index in [4.69, 9.17) is 4.74 Å². The van der Waals surface area contributed by atoms with E-state index in [1.807, 2.05) is 7.05 Å². The molecule has 0 aromatic heterocycles. The van der Waals surface area contributed by atoms with Crippen molar-refractivity contribution in [2.75, 3.05) is 13.7 Å². The molecule has 0 bridgehead atoms. The zero-order valence-electron chi connectivity index (χ0n) is 12.3. The average Bonchev–Trinajstić information content (AvgIpc) is 3.28. The van der Waals surface area contributed by atoms with E-state index in [2.05, 4.69) is 6.92 Å². The van der Waals surface area contributed by atoms with Gasteiger partial charge in [0.15, 0.2) is 12.4 Å². The van der Waals surface area contributed by atoms with Crippen LogP contribution in [-0.2, 0) is 4.79 Å². The number of carbonyl (C=O) groups is 2. The van der Waals surface area contributed by atoms with Gasteiger partial charge in [0.1, 0.15) is 5.75 Å². The summed E-state index contributed by atoms with van der Waals surface area (Å²) in [6.07, 6.45) is 2.42. The normalized spacial score (nSPS) is 15.6. The molecule has 0 aliphatic heterocycles. The first kappa shape index (κ1) is 14.6. The van der Waals surface area contributed by atoms with Gasteiger partial charge in [0.25, 0.3) is 5.91 Å². The Bertz CT molecular complexity index is 508. The van der Waals surface area contributed by atoms with Gasteiger partial charge in [-0.05, 0) is 44.7 Å². The van der Waals surface area contributed by atoms with Crippen LogP contribution in [0, 0.1) is 5.92 Å². The third-order valence-electron chi connectivity index (χ3n) is 3.91. The van der Waals surface area contributed by atoms with E-state index in [9.17, 15) is 9.59 Å². The van der Waals surface area contributed by atoms with Crippen LogP contribution in [0.25, 0.3) is 0 Å². The lowest BCUT2D eigenvalue weighted by Crippen LogP contribution is -2.39. The van der Waals surface area contributed by atoms with Gasteiger partial charge in [-0.15, -0.1) is 0 Å². The molecule has 0 saturated heterocycles. The van der Waals surface area contributed by atoms with Gasteiger partial charge in [0.2, 0.25) is 0 Å². The van der Waals surface area contributed by atoms with Crippen molar-refractivity contribution < 1.29 is 14.3 Å². The number of hydrogen-bond acceptors (Lipinski definition) is 3. The standard InChI is InChI=1S/C16H21NO3/c1-11(13-7-8-13)17(3)16(19)10-20-15-6-4-5-14(9-15)12(2)18/h4-6,9,11,13H,7-8,10H2,1-3H3. The lowest BCUT2D eigenvalue weighted by atomic mass is 10.1. The predicted octanol–water partition coefficient (Wildman–Crippen LogP) is 2.52. The minimum Gasteiger partial charge on any atom is -0.484 e. The molecule has 1 aliphatic carbocycles. The molecule has 108 valence electrons. The number of benzene rings is 1. The van der Waals surface area contributed by atoms with Crippen LogP contribution in [0.5, 0.6) is 5.75 Å². The van der Waals surface area contributed by atoms with Gasteiger partial charge in [-0.2, -0.15) is 0 Å². The van der Waals surface area contributed by atoms with Gasteiger partial charge in [-0.3, -0.25) is 9.59 Å². The van der Waals surface area contributed by atoms with Gasteiger partial charge in [0, 0.05) is 18.7 Å². The lowest BCUT2D eigenvalue weighted by molar-refractivity contribution is -0.134. The molecule has 1 saturated carbocycles. The molecule has 1 atom stereocenters. The van der Waals surface area contributed by atoms with Crippen LogP contribution in [0.4, 0.5) is 0 Å². The Morgan fingerprint density at radius 1 is 1.40 bits per heavy atom. The second-order valence-electron chi connectivity index (χ2n) is 5.46. The molecule has 2 rings (SSSR count). The van der Waals surface area contributed by atoms with E-state index < -0.39 is 0 Å². The molecule has 1 aromatic carbocycles. The summed E-state index contributed by atoms with van der Waals surface area (Å²) >= 11 is 0. The Labute approximate surface area is 119 Å². The molecule has 0 radical (unpaired) electrons. The molecule has 0 heterocycles. The zero-order chi connectivity index (χ0) is 14.7. The van der Waals surface area contributed by atoms with Crippen molar-refractivity contribution in [2.45, 2.75) is 32.7 Å². The van der Waals surface area contributed by atoms with Crippen molar-refractivity contribution in [1.82, 2.24) is 4.90 Å². The highest BCUT2D eigenvalue weighted by atomic mass is 16.5. The quantitative estimate of drug-likeness (QED) is 0.749. The number of rotatable bonds is 6. The molecule has 1 fully saturated rings. The maximum Gasteiger partial charge on any atom is 0.260 e. The minimum absolute atomic E-state index is 0.00885. The molecule has 20 heavy (non-hydrogen) atoms. The molecule has 0 spiro atoms. The SMILES string of the molecule is CC(=O)c1cccc(OCC(=O)N(C)C(C)C2CC2)c1. The Morgan fingerprint density at radius 3 is 2.70 bits per heavy atom. The summed E-state index contributed by atoms with van der Waals surface area (Å²) in [6.45, 7) is 3.59. The maximum absolute atomic E-state index is 12.0. The summed E-state index contributed by atoms with van der Waals surface area (Å²) in [7, 11) is 1.82. The van der Waals surface area contributed by atoms with Gasteiger partial charge in [-0.1, -0.05) is 12.1 Å². The molecular weight excluding hydrogens is 254 g/mol. The average molecular weight is 275 g/mol. The number of hydrogen-bond donors (Lipinski definition) is 0. The molecule has 0 N–H and O–H groups in total. The summed E-state index contributed by atoms with van der Waals surface area (Å²) in [5.41, 5.74) is 0.592. The summed E-state index contributed by atoms with van der Waals surface area (Å²) < 4.78 is 5.49. The Morgan fingerprint density at radius 2 is 2.10 bits per heavy atom. The fourth-order valence-corrected chi connectivity index (χ4v) is 2.17. The molecule has 1 amide bonds. The van der Waals surface area contributed by atoms with E-state index >= 15 is 0 Å². The van der Waals surface area contributed by atoms with Crippen molar-refractivity contribution in [3.63, 3.8) is 0 Å². The van der Waals surface area contributed by atoms with Gasteiger partial charge in [-0.25, -0.2) is 0 Å². The maximum atomic E-state index is 12.0. The first-order chi connectivity index (χ1) is 9.49. The number of nitrogens with zero attached hydrogens (tertiary/aromatic N) is 1. The Balaban J connectivity index is 1.89. The number of likely N-dealkylation sites (N-methyl/N-ethyl adjacent to an activating group) is 1. The number of carbonyl (C=O) groups excluding carboxylic acids is 2. The second-order valence-corrected chi connectivity index (χ2v) is 5.46. The first-order valence-electron chi connectivity index (χ1n) is 6.98. The van der Waals surface area contributed by atoms with Gasteiger partial charge >= 0.3 is 0 Å². The van der Waals surface area contributed by atoms with E-state index in [0.29, 0.717) is 17.2 Å². The number of ketones is 1. The van der Waals surface area contributed by atoms with Crippen LogP contribution in [0.2, 0.25) is 0 Å². The minimum atomic E-state index is -0.0300. The Hall–Kier alpha value is -1.84. The van der Waals surface area contributed by atoms with Crippen molar-refractivity contribution in [2.24, 2.45) is 5.92 Å². The highest BCUT2D eigenvalue weighted by Crippen LogP contribution is 2.34. The number of ether oxygens (including phenoxy) is 1. The van der Waals surface area contributed by atoms with Crippen molar-refractivity contribution >= 4 is 11.7 Å². The zero-order valence-corrected chi connectivity index (χ0v) is 12.3. The fraction of sp³-hybridized carbons (Fsp3) is 0.500. The van der Waals surface area contributed by atoms with Crippen LogP contribution in [0.1, 0.15) is 37.0 Å². The van der Waals surface area contributed by atoms with Crippen LogP contribution >= 0.6 is 0 Å². The summed E-state index contributed by atoms with van der Waals surface area (Å²) in [6, 6.07) is 7.18. The van der Waals surface area contributed by atoms with Crippen LogP contribution in [0.15, 0.2) is 24.3 Å². The Kier molecular flexibility index (Phi) is 4.42. The van der Waals surface area contributed by atoms with Gasteiger partial charge < -0.3 is 9.64 Å². The molecule has 4 nitrogen and oxygen atoms in total. The summed E-state index contributed by atoms with van der Waals surface area (Å²) in [5, 5.41) is 0. The number of amides is 1. The highest BCUT2D eigenvalue weighted by Gasteiger charge is 2.32. The molecule has 1 aromatic rings.